The van der Waals surface area contributed by atoms with Gasteiger partial charge in [-0.1, -0.05) is 27.2 Å². The fourth-order valence-corrected chi connectivity index (χ4v) is 3.64. The average molecular weight is 310 g/mol. The molecule has 3 atom stereocenters. The zero-order valence-electron chi connectivity index (χ0n) is 14.6. The van der Waals surface area contributed by atoms with Gasteiger partial charge in [-0.3, -0.25) is 0 Å². The van der Waals surface area contributed by atoms with Crippen LogP contribution in [0.15, 0.2) is 0 Å². The van der Waals surface area contributed by atoms with E-state index in [4.69, 9.17) is 0 Å². The van der Waals surface area contributed by atoms with E-state index in [1.807, 2.05) is 0 Å². The lowest BCUT2D eigenvalue weighted by Crippen LogP contribution is -2.49. The van der Waals surface area contributed by atoms with Crippen LogP contribution in [0.3, 0.4) is 0 Å². The van der Waals surface area contributed by atoms with Gasteiger partial charge in [0.2, 0.25) is 0 Å². The molecule has 1 aliphatic carbocycles. The number of nitrogens with one attached hydrogen (secondary N) is 2. The highest BCUT2D eigenvalue weighted by molar-refractivity contribution is 5.74. The van der Waals surface area contributed by atoms with Crippen molar-refractivity contribution in [3.8, 4) is 0 Å². The third-order valence-corrected chi connectivity index (χ3v) is 5.27. The summed E-state index contributed by atoms with van der Waals surface area (Å²) in [4.78, 5) is 17.0. The fourth-order valence-electron chi connectivity index (χ4n) is 3.64. The van der Waals surface area contributed by atoms with E-state index in [2.05, 4.69) is 41.2 Å². The Balaban J connectivity index is 1.59. The summed E-state index contributed by atoms with van der Waals surface area (Å²) in [5.74, 6) is 1.12. The largest absolute Gasteiger partial charge is 0.338 e. The van der Waals surface area contributed by atoms with Crippen LogP contribution in [-0.2, 0) is 0 Å². The molecule has 0 spiro atoms. The summed E-state index contributed by atoms with van der Waals surface area (Å²) >= 11 is 0. The number of carbonyl (C=O) groups excluding carboxylic acids is 1. The lowest BCUT2D eigenvalue weighted by atomic mass is 10.1. The van der Waals surface area contributed by atoms with Gasteiger partial charge in [0.1, 0.15) is 0 Å². The maximum absolute atomic E-state index is 12.0. The van der Waals surface area contributed by atoms with Crippen molar-refractivity contribution < 1.29 is 4.79 Å². The number of nitrogens with zero attached hydrogens (tertiary/aromatic N) is 2. The summed E-state index contributed by atoms with van der Waals surface area (Å²) in [6.45, 7) is 14.4. The van der Waals surface area contributed by atoms with Crippen LogP contribution in [-0.4, -0.2) is 67.7 Å². The van der Waals surface area contributed by atoms with Crippen LogP contribution in [0, 0.1) is 11.8 Å². The van der Waals surface area contributed by atoms with E-state index in [9.17, 15) is 4.79 Å². The number of hydrogen-bond acceptors (Lipinski definition) is 3. The van der Waals surface area contributed by atoms with Gasteiger partial charge in [0, 0.05) is 45.3 Å². The first-order valence-corrected chi connectivity index (χ1v) is 9.07. The topological polar surface area (TPSA) is 47.6 Å². The Morgan fingerprint density at radius 3 is 2.45 bits per heavy atom. The molecule has 0 unspecified atom stereocenters. The smallest absolute Gasteiger partial charge is 0.315 e. The molecule has 5 nitrogen and oxygen atoms in total. The van der Waals surface area contributed by atoms with Gasteiger partial charge in [0.15, 0.2) is 0 Å². The van der Waals surface area contributed by atoms with E-state index in [0.29, 0.717) is 17.9 Å². The Morgan fingerprint density at radius 2 is 1.86 bits per heavy atom. The predicted molar refractivity (Wildman–Crippen MR) is 91.1 cm³/mol. The molecule has 5 heteroatoms. The zero-order valence-corrected chi connectivity index (χ0v) is 14.6. The van der Waals surface area contributed by atoms with Gasteiger partial charge >= 0.3 is 6.03 Å². The standard InChI is InChI=1S/C17H34N4O/c1-4-20-8-10-21(11-9-20)13-14(2)12-18-17(22)19-16-7-5-6-15(16)3/h14-16H,4-13H2,1-3H3,(H2,18,19,22)/t14-,15-,16-/m1/s1. The van der Waals surface area contributed by atoms with Crippen LogP contribution in [0.1, 0.15) is 40.0 Å². The first-order chi connectivity index (χ1) is 10.6. The van der Waals surface area contributed by atoms with Crippen molar-refractivity contribution in [1.29, 1.82) is 0 Å². The van der Waals surface area contributed by atoms with Gasteiger partial charge in [-0.15, -0.1) is 0 Å². The van der Waals surface area contributed by atoms with Crippen molar-refractivity contribution >= 4 is 6.03 Å². The maximum atomic E-state index is 12.0. The third-order valence-electron chi connectivity index (χ3n) is 5.27. The molecule has 0 bridgehead atoms. The van der Waals surface area contributed by atoms with E-state index in [-0.39, 0.29) is 6.03 Å². The molecule has 1 heterocycles. The SMILES string of the molecule is CCN1CCN(C[C@H](C)CNC(=O)N[C@@H]2CCC[C@H]2C)CC1. The minimum atomic E-state index is 0.0152. The molecule has 0 radical (unpaired) electrons. The first kappa shape index (κ1) is 17.5. The molecule has 1 saturated carbocycles. The first-order valence-electron chi connectivity index (χ1n) is 9.07. The van der Waals surface area contributed by atoms with Crippen molar-refractivity contribution in [1.82, 2.24) is 20.4 Å². The number of amides is 2. The highest BCUT2D eigenvalue weighted by Crippen LogP contribution is 2.24. The molecule has 2 N–H and O–H groups in total. The molecule has 2 fully saturated rings. The molecule has 0 aromatic carbocycles. The molecule has 22 heavy (non-hydrogen) atoms. The molecule has 0 aromatic heterocycles. The lowest BCUT2D eigenvalue weighted by molar-refractivity contribution is 0.124. The quantitative estimate of drug-likeness (QED) is 0.786. The Morgan fingerprint density at radius 1 is 1.18 bits per heavy atom. The second-order valence-electron chi connectivity index (χ2n) is 7.21. The van der Waals surface area contributed by atoms with Crippen molar-refractivity contribution in [2.24, 2.45) is 11.8 Å². The van der Waals surface area contributed by atoms with Crippen LogP contribution in [0.25, 0.3) is 0 Å². The number of piperazine rings is 1. The Labute approximate surface area is 135 Å². The van der Waals surface area contributed by atoms with E-state index < -0.39 is 0 Å². The van der Waals surface area contributed by atoms with Crippen LogP contribution < -0.4 is 10.6 Å². The van der Waals surface area contributed by atoms with Gasteiger partial charge in [0.05, 0.1) is 0 Å². The predicted octanol–water partition coefficient (Wildman–Crippen LogP) is 1.75. The highest BCUT2D eigenvalue weighted by Gasteiger charge is 2.24. The number of likely N-dealkylation sites (N-methyl/N-ethyl adjacent to an activating group) is 1. The van der Waals surface area contributed by atoms with Gasteiger partial charge < -0.3 is 20.4 Å². The van der Waals surface area contributed by atoms with Crippen LogP contribution in [0.5, 0.6) is 0 Å². The maximum Gasteiger partial charge on any atom is 0.315 e. The normalized spacial score (nSPS) is 28.5. The molecule has 1 saturated heterocycles. The van der Waals surface area contributed by atoms with Gasteiger partial charge in [-0.2, -0.15) is 0 Å². The van der Waals surface area contributed by atoms with Crippen molar-refractivity contribution in [2.45, 2.75) is 46.1 Å². The average Bonchev–Trinajstić information content (AvgIpc) is 2.91. The minimum Gasteiger partial charge on any atom is -0.338 e. The molecule has 2 amide bonds. The Bertz CT molecular complexity index is 342. The van der Waals surface area contributed by atoms with Gasteiger partial charge in [0.25, 0.3) is 0 Å². The van der Waals surface area contributed by atoms with Crippen LogP contribution >= 0.6 is 0 Å². The zero-order chi connectivity index (χ0) is 15.9. The van der Waals surface area contributed by atoms with Crippen LogP contribution in [0.4, 0.5) is 4.79 Å². The molecule has 128 valence electrons. The molecular weight excluding hydrogens is 276 g/mol. The monoisotopic (exact) mass is 310 g/mol. The van der Waals surface area contributed by atoms with E-state index in [0.717, 1.165) is 39.1 Å². The number of carbonyl (C=O) groups is 1. The lowest BCUT2D eigenvalue weighted by Gasteiger charge is -2.35. The van der Waals surface area contributed by atoms with Gasteiger partial charge in [-0.25, -0.2) is 4.79 Å². The van der Waals surface area contributed by atoms with Crippen molar-refractivity contribution in [2.75, 3.05) is 45.8 Å². The molecule has 0 aromatic rings. The van der Waals surface area contributed by atoms with E-state index >= 15 is 0 Å². The second-order valence-corrected chi connectivity index (χ2v) is 7.21. The summed E-state index contributed by atoms with van der Waals surface area (Å²) in [5, 5.41) is 6.18. The van der Waals surface area contributed by atoms with Crippen LogP contribution in [0.2, 0.25) is 0 Å². The number of rotatable bonds is 6. The van der Waals surface area contributed by atoms with Crippen molar-refractivity contribution in [3.63, 3.8) is 0 Å². The second kappa shape index (κ2) is 8.73. The summed E-state index contributed by atoms with van der Waals surface area (Å²) in [7, 11) is 0. The number of hydrogen-bond donors (Lipinski definition) is 2. The summed E-state index contributed by atoms with van der Waals surface area (Å²) in [6, 6.07) is 0.388. The summed E-state index contributed by atoms with van der Waals surface area (Å²) in [6.07, 6.45) is 3.61. The molecule has 2 aliphatic rings. The molecule has 2 rings (SSSR count). The molecule has 1 aliphatic heterocycles. The Kier molecular flexibility index (Phi) is 6.96. The minimum absolute atomic E-state index is 0.0152. The van der Waals surface area contributed by atoms with E-state index in [1.54, 1.807) is 0 Å². The third kappa shape index (κ3) is 5.43. The number of urea groups is 1. The molecular formula is C17H34N4O. The fraction of sp³-hybridized carbons (Fsp3) is 0.941. The highest BCUT2D eigenvalue weighted by atomic mass is 16.2. The summed E-state index contributed by atoms with van der Waals surface area (Å²) < 4.78 is 0. The Hall–Kier alpha value is -0.810. The van der Waals surface area contributed by atoms with E-state index in [1.165, 1.54) is 25.9 Å². The van der Waals surface area contributed by atoms with Gasteiger partial charge in [-0.05, 0) is 31.2 Å². The van der Waals surface area contributed by atoms with Crippen molar-refractivity contribution in [3.05, 3.63) is 0 Å². The summed E-state index contributed by atoms with van der Waals surface area (Å²) in [5.41, 5.74) is 0.